The van der Waals surface area contributed by atoms with Gasteiger partial charge in [-0.3, -0.25) is 14.9 Å². The number of carbonyl (C=O) groups is 4. The zero-order valence-corrected chi connectivity index (χ0v) is 15.9. The molecule has 1 aromatic heterocycles. The first kappa shape index (κ1) is 21.6. The van der Waals surface area contributed by atoms with E-state index in [4.69, 9.17) is 13.9 Å². The van der Waals surface area contributed by atoms with E-state index in [2.05, 4.69) is 10.6 Å². The molecule has 0 aliphatic carbocycles. The molecule has 2 rings (SSSR count). The van der Waals surface area contributed by atoms with E-state index in [9.17, 15) is 19.2 Å². The van der Waals surface area contributed by atoms with E-state index in [1.165, 1.54) is 31.6 Å². The van der Waals surface area contributed by atoms with E-state index < -0.39 is 30.4 Å². The molecule has 2 aromatic rings. The van der Waals surface area contributed by atoms with Crippen molar-refractivity contribution in [2.75, 3.05) is 32.2 Å². The SMILES string of the molecule is COCCNC(=O)NC(=O)COC(=O)c1ccc(C)c(NC(=O)c2ccco2)c1. The number of aryl methyl sites for hydroxylation is 1. The molecule has 0 saturated heterocycles. The number of hydrogen-bond acceptors (Lipinski definition) is 7. The van der Waals surface area contributed by atoms with E-state index in [0.717, 1.165) is 0 Å². The van der Waals surface area contributed by atoms with Crippen molar-refractivity contribution in [2.24, 2.45) is 0 Å². The lowest BCUT2D eigenvalue weighted by atomic mass is 10.1. The van der Waals surface area contributed by atoms with Gasteiger partial charge in [-0.05, 0) is 36.8 Å². The van der Waals surface area contributed by atoms with Crippen LogP contribution < -0.4 is 16.0 Å². The maximum atomic E-state index is 12.2. The van der Waals surface area contributed by atoms with Gasteiger partial charge >= 0.3 is 12.0 Å². The minimum absolute atomic E-state index is 0.123. The first-order chi connectivity index (χ1) is 13.9. The fourth-order valence-electron chi connectivity index (χ4n) is 2.16. The normalized spacial score (nSPS) is 10.1. The third-order valence-electron chi connectivity index (χ3n) is 3.65. The van der Waals surface area contributed by atoms with Crippen LogP contribution >= 0.6 is 0 Å². The summed E-state index contributed by atoms with van der Waals surface area (Å²) >= 11 is 0. The van der Waals surface area contributed by atoms with E-state index >= 15 is 0 Å². The molecule has 0 atom stereocenters. The summed E-state index contributed by atoms with van der Waals surface area (Å²) < 4.78 is 14.7. The van der Waals surface area contributed by atoms with Gasteiger partial charge in [0.2, 0.25) is 0 Å². The molecular formula is C19H21N3O7. The zero-order chi connectivity index (χ0) is 21.2. The van der Waals surface area contributed by atoms with Gasteiger partial charge in [0.1, 0.15) is 0 Å². The fourth-order valence-corrected chi connectivity index (χ4v) is 2.16. The Morgan fingerprint density at radius 2 is 1.93 bits per heavy atom. The molecule has 0 aliphatic rings. The van der Waals surface area contributed by atoms with Gasteiger partial charge in [0.15, 0.2) is 12.4 Å². The van der Waals surface area contributed by atoms with Crippen LogP contribution in [0.25, 0.3) is 0 Å². The van der Waals surface area contributed by atoms with Gasteiger partial charge in [-0.15, -0.1) is 0 Å². The molecule has 0 unspecified atom stereocenters. The molecule has 0 saturated carbocycles. The molecule has 10 nitrogen and oxygen atoms in total. The second-order valence-corrected chi connectivity index (χ2v) is 5.83. The number of nitrogens with one attached hydrogen (secondary N) is 3. The van der Waals surface area contributed by atoms with Crippen LogP contribution in [0.5, 0.6) is 0 Å². The summed E-state index contributed by atoms with van der Waals surface area (Å²) in [4.78, 5) is 47.4. The van der Waals surface area contributed by atoms with Crippen LogP contribution in [-0.4, -0.2) is 50.7 Å². The Labute approximate surface area is 166 Å². The first-order valence-electron chi connectivity index (χ1n) is 8.60. The Balaban J connectivity index is 1.89. The maximum Gasteiger partial charge on any atom is 0.338 e. The summed E-state index contributed by atoms with van der Waals surface area (Å²) in [5, 5.41) is 7.05. The van der Waals surface area contributed by atoms with E-state index in [1.807, 2.05) is 5.32 Å². The lowest BCUT2D eigenvalue weighted by Crippen LogP contribution is -2.42. The molecule has 0 aliphatic heterocycles. The van der Waals surface area contributed by atoms with Crippen molar-refractivity contribution >= 4 is 29.5 Å². The number of esters is 1. The molecule has 0 spiro atoms. The number of rotatable bonds is 8. The molecule has 0 fully saturated rings. The van der Waals surface area contributed by atoms with Crippen LogP contribution in [-0.2, 0) is 14.3 Å². The van der Waals surface area contributed by atoms with Gasteiger partial charge in [0.05, 0.1) is 18.4 Å². The predicted molar refractivity (Wildman–Crippen MR) is 102 cm³/mol. The van der Waals surface area contributed by atoms with E-state index in [-0.39, 0.29) is 17.9 Å². The van der Waals surface area contributed by atoms with Crippen LogP contribution in [0.3, 0.4) is 0 Å². The van der Waals surface area contributed by atoms with Gasteiger partial charge < -0.3 is 24.5 Å². The number of imide groups is 1. The second kappa shape index (κ2) is 10.6. The van der Waals surface area contributed by atoms with Crippen molar-refractivity contribution in [2.45, 2.75) is 6.92 Å². The Morgan fingerprint density at radius 3 is 2.62 bits per heavy atom. The highest BCUT2D eigenvalue weighted by Crippen LogP contribution is 2.19. The van der Waals surface area contributed by atoms with Crippen LogP contribution in [0.15, 0.2) is 41.0 Å². The van der Waals surface area contributed by atoms with E-state index in [0.29, 0.717) is 17.9 Å². The number of hydrogen-bond donors (Lipinski definition) is 3. The molecule has 154 valence electrons. The van der Waals surface area contributed by atoms with Crippen molar-refractivity contribution < 1.29 is 33.1 Å². The number of urea groups is 1. The summed E-state index contributed by atoms with van der Waals surface area (Å²) in [6, 6.07) is 6.91. The van der Waals surface area contributed by atoms with Crippen LogP contribution in [0.2, 0.25) is 0 Å². The third-order valence-corrected chi connectivity index (χ3v) is 3.65. The minimum Gasteiger partial charge on any atom is -0.459 e. The number of ether oxygens (including phenoxy) is 2. The lowest BCUT2D eigenvalue weighted by Gasteiger charge is -2.10. The van der Waals surface area contributed by atoms with Gasteiger partial charge in [0, 0.05) is 19.3 Å². The third kappa shape index (κ3) is 6.78. The summed E-state index contributed by atoms with van der Waals surface area (Å²) in [6.07, 6.45) is 1.37. The van der Waals surface area contributed by atoms with Crippen molar-refractivity contribution in [3.8, 4) is 0 Å². The molecular weight excluding hydrogens is 382 g/mol. The number of amides is 4. The monoisotopic (exact) mass is 403 g/mol. The Bertz CT molecular complexity index is 878. The minimum atomic E-state index is -0.785. The summed E-state index contributed by atoms with van der Waals surface area (Å²) in [7, 11) is 1.48. The Kier molecular flexibility index (Phi) is 7.92. The average molecular weight is 403 g/mol. The molecule has 0 bridgehead atoms. The number of carbonyl (C=O) groups excluding carboxylic acids is 4. The predicted octanol–water partition coefficient (Wildman–Crippen LogP) is 1.47. The van der Waals surface area contributed by atoms with Crippen LogP contribution in [0, 0.1) is 6.92 Å². The van der Waals surface area contributed by atoms with Crippen molar-refractivity contribution in [3.63, 3.8) is 0 Å². The summed E-state index contributed by atoms with van der Waals surface area (Å²) in [5.74, 6) is -1.92. The smallest absolute Gasteiger partial charge is 0.338 e. The van der Waals surface area contributed by atoms with Crippen LogP contribution in [0.4, 0.5) is 10.5 Å². The highest BCUT2D eigenvalue weighted by Gasteiger charge is 2.15. The molecule has 4 amide bonds. The maximum absolute atomic E-state index is 12.2. The molecule has 29 heavy (non-hydrogen) atoms. The Morgan fingerprint density at radius 1 is 1.14 bits per heavy atom. The average Bonchev–Trinajstić information content (AvgIpc) is 3.23. The van der Waals surface area contributed by atoms with E-state index in [1.54, 1.807) is 19.1 Å². The van der Waals surface area contributed by atoms with Gasteiger partial charge in [-0.2, -0.15) is 0 Å². The van der Waals surface area contributed by atoms with Crippen molar-refractivity contribution in [3.05, 3.63) is 53.5 Å². The highest BCUT2D eigenvalue weighted by atomic mass is 16.5. The largest absolute Gasteiger partial charge is 0.459 e. The lowest BCUT2D eigenvalue weighted by molar-refractivity contribution is -0.123. The molecule has 1 heterocycles. The quantitative estimate of drug-likeness (QED) is 0.448. The topological polar surface area (TPSA) is 136 Å². The van der Waals surface area contributed by atoms with Crippen molar-refractivity contribution in [1.82, 2.24) is 10.6 Å². The van der Waals surface area contributed by atoms with Gasteiger partial charge in [-0.25, -0.2) is 9.59 Å². The summed E-state index contributed by atoms with van der Waals surface area (Å²) in [6.45, 7) is 1.63. The number of methoxy groups -OCH3 is 1. The number of anilines is 1. The molecule has 1 aromatic carbocycles. The second-order valence-electron chi connectivity index (χ2n) is 5.83. The van der Waals surface area contributed by atoms with Gasteiger partial charge in [0.25, 0.3) is 11.8 Å². The molecule has 3 N–H and O–H groups in total. The number of benzene rings is 1. The zero-order valence-electron chi connectivity index (χ0n) is 15.9. The standard InChI is InChI=1S/C19H21N3O7/c1-12-5-6-13(10-14(12)21-17(24)15-4-3-8-28-15)18(25)29-11-16(23)22-19(26)20-7-9-27-2/h3-6,8,10H,7,9,11H2,1-2H3,(H,21,24)(H2,20,22,23,26). The Hall–Kier alpha value is -3.66. The molecule has 10 heteroatoms. The highest BCUT2D eigenvalue weighted by molar-refractivity contribution is 6.03. The summed E-state index contributed by atoms with van der Waals surface area (Å²) in [5.41, 5.74) is 1.23. The van der Waals surface area contributed by atoms with Gasteiger partial charge in [-0.1, -0.05) is 6.07 Å². The van der Waals surface area contributed by atoms with Crippen LogP contribution in [0.1, 0.15) is 26.5 Å². The molecule has 0 radical (unpaired) electrons. The fraction of sp³-hybridized carbons (Fsp3) is 0.263. The first-order valence-corrected chi connectivity index (χ1v) is 8.60. The van der Waals surface area contributed by atoms with Crippen molar-refractivity contribution in [1.29, 1.82) is 0 Å². The number of furan rings is 1.